The molecule has 0 unspecified atom stereocenters. The highest BCUT2D eigenvalue weighted by Gasteiger charge is 2.19. The van der Waals surface area contributed by atoms with Gasteiger partial charge in [0.1, 0.15) is 9.73 Å². The number of thiophene rings is 1. The lowest BCUT2D eigenvalue weighted by Crippen LogP contribution is -2.13. The summed E-state index contributed by atoms with van der Waals surface area (Å²) >= 11 is 6.82. The molecule has 2 N–H and O–H groups in total. The minimum Gasteiger partial charge on any atom is -0.436 e. The van der Waals surface area contributed by atoms with Gasteiger partial charge in [0.2, 0.25) is 5.89 Å². The van der Waals surface area contributed by atoms with Crippen LogP contribution in [0.1, 0.15) is 0 Å². The molecule has 4 aromatic carbocycles. The summed E-state index contributed by atoms with van der Waals surface area (Å²) < 4.78 is 62.9. The van der Waals surface area contributed by atoms with Crippen LogP contribution in [0.4, 0.5) is 11.4 Å². The third-order valence-electron chi connectivity index (χ3n) is 5.88. The third-order valence-corrected chi connectivity index (χ3v) is 10.4. The van der Waals surface area contributed by atoms with Crippen molar-refractivity contribution in [2.45, 2.75) is 9.10 Å². The lowest BCUT2D eigenvalue weighted by molar-refractivity contribution is 0.600. The average Bonchev–Trinajstić information content (AvgIpc) is 3.55. The number of nitrogens with zero attached hydrogens (tertiary/aromatic N) is 1. The van der Waals surface area contributed by atoms with E-state index in [2.05, 4.69) is 14.4 Å². The zero-order chi connectivity index (χ0) is 27.2. The van der Waals surface area contributed by atoms with E-state index in [4.69, 9.17) is 16.0 Å². The molecule has 6 rings (SSSR count). The van der Waals surface area contributed by atoms with Crippen LogP contribution in [0.2, 0.25) is 4.34 Å². The van der Waals surface area contributed by atoms with Crippen molar-refractivity contribution in [2.24, 2.45) is 0 Å². The molecule has 2 heterocycles. The first-order valence-electron chi connectivity index (χ1n) is 11.5. The molecular weight excluding hydrogens is 578 g/mol. The van der Waals surface area contributed by atoms with Crippen LogP contribution in [-0.2, 0) is 20.0 Å². The summed E-state index contributed by atoms with van der Waals surface area (Å²) in [5.74, 6) is 0.304. The summed E-state index contributed by atoms with van der Waals surface area (Å²) in [5, 5.41) is 1.45. The maximum absolute atomic E-state index is 13.2. The predicted octanol–water partition coefficient (Wildman–Crippen LogP) is 6.96. The van der Waals surface area contributed by atoms with E-state index in [0.29, 0.717) is 43.7 Å². The Morgan fingerprint density at radius 2 is 1.46 bits per heavy atom. The van der Waals surface area contributed by atoms with Gasteiger partial charge in [0, 0.05) is 16.6 Å². The van der Waals surface area contributed by atoms with Crippen molar-refractivity contribution in [1.82, 2.24) is 4.98 Å². The highest BCUT2D eigenvalue weighted by atomic mass is 35.5. The molecule has 0 aliphatic rings. The second kappa shape index (κ2) is 9.69. The van der Waals surface area contributed by atoms with Gasteiger partial charge >= 0.3 is 0 Å². The molecule has 0 radical (unpaired) electrons. The molecule has 0 amide bonds. The number of nitrogens with one attached hydrogen (secondary N) is 2. The van der Waals surface area contributed by atoms with Crippen LogP contribution in [0.25, 0.3) is 33.3 Å². The smallest absolute Gasteiger partial charge is 0.271 e. The molecule has 0 aliphatic heterocycles. The number of halogens is 1. The van der Waals surface area contributed by atoms with Gasteiger partial charge in [0.25, 0.3) is 20.0 Å². The van der Waals surface area contributed by atoms with Crippen molar-refractivity contribution < 1.29 is 21.3 Å². The van der Waals surface area contributed by atoms with Crippen molar-refractivity contribution in [2.75, 3.05) is 9.44 Å². The zero-order valence-corrected chi connectivity index (χ0v) is 23.0. The summed E-state index contributed by atoms with van der Waals surface area (Å²) in [5.41, 5.74) is 2.25. The van der Waals surface area contributed by atoms with Gasteiger partial charge in [-0.2, -0.15) is 0 Å². The molecule has 0 saturated heterocycles. The topological polar surface area (TPSA) is 118 Å². The number of aromatic nitrogens is 1. The highest BCUT2D eigenvalue weighted by molar-refractivity contribution is 7.94. The molecule has 0 saturated carbocycles. The average molecular weight is 596 g/mol. The Labute approximate surface area is 233 Å². The maximum Gasteiger partial charge on any atom is 0.271 e. The number of rotatable bonds is 7. The second-order valence-corrected chi connectivity index (χ2v) is 13.8. The van der Waals surface area contributed by atoms with Gasteiger partial charge in [0.05, 0.1) is 14.9 Å². The van der Waals surface area contributed by atoms with E-state index in [-0.39, 0.29) is 9.10 Å². The van der Waals surface area contributed by atoms with Crippen LogP contribution in [0.3, 0.4) is 0 Å². The Kier molecular flexibility index (Phi) is 6.31. The molecule has 0 aliphatic carbocycles. The number of anilines is 2. The van der Waals surface area contributed by atoms with E-state index in [1.54, 1.807) is 66.7 Å². The fraction of sp³-hybridized carbons (Fsp3) is 0. The standard InChI is InChI=1S/C27H18ClN3O5S3/c28-25-14-15-26(37-25)39(34,35)30-19-10-8-18(9-11-19)27-29-22-16-20(12-13-23(22)36-27)31-38(32,33)24-7-3-5-17-4-1-2-6-21(17)24/h1-16,30-31H. The Bertz CT molecular complexity index is 2060. The lowest BCUT2D eigenvalue weighted by atomic mass is 10.1. The summed E-state index contributed by atoms with van der Waals surface area (Å²) in [4.78, 5) is 4.68. The second-order valence-electron chi connectivity index (χ2n) is 8.53. The van der Waals surface area contributed by atoms with E-state index in [9.17, 15) is 16.8 Å². The van der Waals surface area contributed by atoms with Gasteiger partial charge in [-0.1, -0.05) is 48.0 Å². The number of oxazole rings is 1. The van der Waals surface area contributed by atoms with Gasteiger partial charge in [-0.25, -0.2) is 21.8 Å². The molecule has 6 aromatic rings. The minimum absolute atomic E-state index is 0.113. The first-order valence-corrected chi connectivity index (χ1v) is 15.6. The quantitative estimate of drug-likeness (QED) is 0.206. The summed E-state index contributed by atoms with van der Waals surface area (Å²) in [6.07, 6.45) is 0. The molecule has 12 heteroatoms. The van der Waals surface area contributed by atoms with E-state index in [1.165, 1.54) is 12.1 Å². The molecule has 0 fully saturated rings. The number of sulfonamides is 2. The van der Waals surface area contributed by atoms with E-state index in [0.717, 1.165) is 16.7 Å². The van der Waals surface area contributed by atoms with E-state index >= 15 is 0 Å². The Hall–Kier alpha value is -3.90. The minimum atomic E-state index is -3.86. The normalized spacial score (nSPS) is 12.1. The first-order chi connectivity index (χ1) is 18.7. The predicted molar refractivity (Wildman–Crippen MR) is 154 cm³/mol. The van der Waals surface area contributed by atoms with Crippen molar-refractivity contribution in [3.8, 4) is 11.5 Å². The molecule has 39 heavy (non-hydrogen) atoms. The Morgan fingerprint density at radius 1 is 0.744 bits per heavy atom. The van der Waals surface area contributed by atoms with Crippen LogP contribution < -0.4 is 9.44 Å². The summed E-state index contributed by atoms with van der Waals surface area (Å²) in [6.45, 7) is 0. The maximum atomic E-state index is 13.2. The molecule has 8 nitrogen and oxygen atoms in total. The van der Waals surface area contributed by atoms with Gasteiger partial charge in [0.15, 0.2) is 5.58 Å². The van der Waals surface area contributed by atoms with Crippen LogP contribution >= 0.6 is 22.9 Å². The van der Waals surface area contributed by atoms with Gasteiger partial charge in [-0.05, 0) is 66.0 Å². The third kappa shape index (κ3) is 5.09. The van der Waals surface area contributed by atoms with E-state index in [1.807, 2.05) is 18.2 Å². The molecule has 0 bridgehead atoms. The SMILES string of the molecule is O=S(=O)(Nc1ccc(-c2nc3cc(NS(=O)(=O)c4cccc5ccccc45)ccc3o2)cc1)c1ccc(Cl)s1. The Morgan fingerprint density at radius 3 is 2.23 bits per heavy atom. The van der Waals surface area contributed by atoms with Crippen LogP contribution in [-0.4, -0.2) is 21.8 Å². The van der Waals surface area contributed by atoms with Gasteiger partial charge in [-0.15, -0.1) is 11.3 Å². The Balaban J connectivity index is 1.24. The first kappa shape index (κ1) is 25.4. The molecule has 0 atom stereocenters. The highest BCUT2D eigenvalue weighted by Crippen LogP contribution is 2.31. The number of hydrogen-bond acceptors (Lipinski definition) is 7. The zero-order valence-electron chi connectivity index (χ0n) is 19.8. The van der Waals surface area contributed by atoms with Crippen molar-refractivity contribution >= 4 is 76.2 Å². The van der Waals surface area contributed by atoms with Crippen molar-refractivity contribution in [3.05, 3.63) is 101 Å². The number of benzene rings is 4. The molecule has 2 aromatic heterocycles. The number of fused-ring (bicyclic) bond motifs is 2. The lowest BCUT2D eigenvalue weighted by Gasteiger charge is -2.10. The van der Waals surface area contributed by atoms with Crippen molar-refractivity contribution in [1.29, 1.82) is 0 Å². The van der Waals surface area contributed by atoms with Crippen LogP contribution in [0.5, 0.6) is 0 Å². The summed E-state index contributed by atoms with van der Waals surface area (Å²) in [6, 6.07) is 26.8. The molecule has 196 valence electrons. The molecular formula is C27H18ClN3O5S3. The van der Waals surface area contributed by atoms with E-state index < -0.39 is 20.0 Å². The summed E-state index contributed by atoms with van der Waals surface area (Å²) in [7, 11) is -7.62. The van der Waals surface area contributed by atoms with Crippen molar-refractivity contribution in [3.63, 3.8) is 0 Å². The monoisotopic (exact) mass is 595 g/mol. The largest absolute Gasteiger partial charge is 0.436 e. The number of hydrogen-bond donors (Lipinski definition) is 2. The van der Waals surface area contributed by atoms with Crippen LogP contribution in [0.15, 0.2) is 111 Å². The van der Waals surface area contributed by atoms with Gasteiger partial charge in [-0.3, -0.25) is 9.44 Å². The molecule has 0 spiro atoms. The van der Waals surface area contributed by atoms with Crippen LogP contribution in [0, 0.1) is 0 Å². The fourth-order valence-electron chi connectivity index (χ4n) is 4.08. The van der Waals surface area contributed by atoms with Gasteiger partial charge < -0.3 is 4.42 Å². The fourth-order valence-corrected chi connectivity index (χ4v) is 7.90.